The van der Waals surface area contributed by atoms with Gasteiger partial charge in [-0.1, -0.05) is 0 Å². The van der Waals surface area contributed by atoms with Crippen molar-refractivity contribution in [1.29, 1.82) is 0 Å². The summed E-state index contributed by atoms with van der Waals surface area (Å²) < 4.78 is 48.2. The Morgan fingerprint density at radius 2 is 2.16 bits per heavy atom. The number of carbonyl (C=O) groups is 1. The van der Waals surface area contributed by atoms with E-state index in [-0.39, 0.29) is 12.6 Å². The summed E-state index contributed by atoms with van der Waals surface area (Å²) in [6.07, 6.45) is -3.69. The molecule has 1 aliphatic rings. The molecule has 3 rings (SSSR count). The van der Waals surface area contributed by atoms with Gasteiger partial charge in [-0.2, -0.15) is 28.4 Å². The van der Waals surface area contributed by atoms with Crippen molar-refractivity contribution in [2.75, 3.05) is 11.9 Å². The summed E-state index contributed by atoms with van der Waals surface area (Å²) >= 11 is 0. The van der Waals surface area contributed by atoms with Crippen molar-refractivity contribution in [3.63, 3.8) is 0 Å². The van der Waals surface area contributed by atoms with Crippen molar-refractivity contribution in [2.24, 2.45) is 7.05 Å². The van der Waals surface area contributed by atoms with Crippen LogP contribution in [0.5, 0.6) is 0 Å². The van der Waals surface area contributed by atoms with Crippen molar-refractivity contribution >= 4 is 11.9 Å². The molecular weight excluding hydrogens is 341 g/mol. The summed E-state index contributed by atoms with van der Waals surface area (Å²) in [5.41, 5.74) is -0.851. The molecule has 0 saturated heterocycles. The van der Waals surface area contributed by atoms with E-state index in [1.54, 1.807) is 20.0 Å². The average molecular weight is 356 g/mol. The lowest BCUT2D eigenvalue weighted by Gasteiger charge is -2.29. The maximum absolute atomic E-state index is 13.6. The zero-order chi connectivity index (χ0) is 18.4. The molecule has 0 amide bonds. The number of aryl methyl sites for hydroxylation is 2. The standard InChI is InChI=1S/C14H15F3N6O2/c1-4-25-12(24)9-10(8-5-7(2)21-22(8)3)23-13(18-6-19-23)20-11(9)14(15,16)17/h5-6,10H,4H2,1-3H3,(H,18,19,20)/t10-/m1/s1. The highest BCUT2D eigenvalue weighted by Gasteiger charge is 2.47. The molecule has 0 aliphatic carbocycles. The zero-order valence-electron chi connectivity index (χ0n) is 13.6. The quantitative estimate of drug-likeness (QED) is 0.843. The Hall–Kier alpha value is -2.85. The second kappa shape index (κ2) is 5.90. The molecule has 0 spiro atoms. The van der Waals surface area contributed by atoms with Crippen molar-refractivity contribution in [3.8, 4) is 0 Å². The number of nitrogens with one attached hydrogen (secondary N) is 1. The minimum Gasteiger partial charge on any atom is -0.463 e. The van der Waals surface area contributed by atoms with Gasteiger partial charge in [-0.25, -0.2) is 9.48 Å². The van der Waals surface area contributed by atoms with Gasteiger partial charge in [-0.15, -0.1) is 0 Å². The lowest BCUT2D eigenvalue weighted by atomic mass is 9.99. The number of alkyl halides is 3. The van der Waals surface area contributed by atoms with Crippen LogP contribution in [0.25, 0.3) is 0 Å². The van der Waals surface area contributed by atoms with Gasteiger partial charge >= 0.3 is 12.1 Å². The maximum atomic E-state index is 13.6. The fourth-order valence-corrected chi connectivity index (χ4v) is 2.77. The largest absolute Gasteiger partial charge is 0.463 e. The number of ether oxygens (including phenoxy) is 1. The van der Waals surface area contributed by atoms with E-state index in [1.165, 1.54) is 16.3 Å². The van der Waals surface area contributed by atoms with Gasteiger partial charge in [0.05, 0.1) is 23.6 Å². The SMILES string of the molecule is CCOC(=O)C1=C(C(F)(F)F)Nc2ncnn2[C@@H]1c1cc(C)nn1C. The number of fused-ring (bicyclic) bond motifs is 1. The summed E-state index contributed by atoms with van der Waals surface area (Å²) in [4.78, 5) is 16.2. The van der Waals surface area contributed by atoms with E-state index in [0.717, 1.165) is 6.33 Å². The van der Waals surface area contributed by atoms with Crippen LogP contribution in [0.4, 0.5) is 19.1 Å². The first-order valence-corrected chi connectivity index (χ1v) is 7.39. The van der Waals surface area contributed by atoms with Gasteiger partial charge in [0.2, 0.25) is 5.95 Å². The fraction of sp³-hybridized carbons (Fsp3) is 0.429. The van der Waals surface area contributed by atoms with E-state index in [1.807, 2.05) is 0 Å². The minimum absolute atomic E-state index is 0.0607. The molecule has 2 aromatic heterocycles. The Labute approximate surface area is 140 Å². The first-order valence-electron chi connectivity index (χ1n) is 7.39. The Morgan fingerprint density at radius 1 is 1.44 bits per heavy atom. The Morgan fingerprint density at radius 3 is 2.72 bits per heavy atom. The number of allylic oxidation sites excluding steroid dienone is 1. The molecule has 1 N–H and O–H groups in total. The summed E-state index contributed by atoms with van der Waals surface area (Å²) in [5.74, 6) is -1.20. The molecule has 0 unspecified atom stereocenters. The molecule has 1 aliphatic heterocycles. The smallest absolute Gasteiger partial charge is 0.431 e. The van der Waals surface area contributed by atoms with Gasteiger partial charge in [-0.05, 0) is 19.9 Å². The third-order valence-corrected chi connectivity index (χ3v) is 3.69. The molecule has 0 radical (unpaired) electrons. The van der Waals surface area contributed by atoms with Crippen LogP contribution in [0.1, 0.15) is 24.4 Å². The molecule has 2 aromatic rings. The molecule has 25 heavy (non-hydrogen) atoms. The normalized spacial score (nSPS) is 17.3. The minimum atomic E-state index is -4.80. The third-order valence-electron chi connectivity index (χ3n) is 3.69. The molecule has 0 fully saturated rings. The topological polar surface area (TPSA) is 86.9 Å². The monoisotopic (exact) mass is 356 g/mol. The van der Waals surface area contributed by atoms with Gasteiger partial charge < -0.3 is 10.1 Å². The molecule has 134 valence electrons. The van der Waals surface area contributed by atoms with Crippen LogP contribution in [0.2, 0.25) is 0 Å². The van der Waals surface area contributed by atoms with E-state index in [9.17, 15) is 18.0 Å². The van der Waals surface area contributed by atoms with Crippen LogP contribution in [0.15, 0.2) is 23.7 Å². The number of anilines is 1. The predicted molar refractivity (Wildman–Crippen MR) is 79.4 cm³/mol. The number of hydrogen-bond acceptors (Lipinski definition) is 6. The van der Waals surface area contributed by atoms with Crippen LogP contribution < -0.4 is 5.32 Å². The lowest BCUT2D eigenvalue weighted by molar-refractivity contribution is -0.140. The van der Waals surface area contributed by atoms with E-state index in [0.29, 0.717) is 11.4 Å². The molecule has 0 bridgehead atoms. The van der Waals surface area contributed by atoms with Crippen LogP contribution >= 0.6 is 0 Å². The van der Waals surface area contributed by atoms with Gasteiger partial charge in [0, 0.05) is 7.05 Å². The van der Waals surface area contributed by atoms with E-state index < -0.39 is 29.5 Å². The van der Waals surface area contributed by atoms with Gasteiger partial charge in [0.25, 0.3) is 0 Å². The third kappa shape index (κ3) is 2.85. The van der Waals surface area contributed by atoms with Crippen molar-refractivity contribution in [1.82, 2.24) is 24.5 Å². The van der Waals surface area contributed by atoms with Gasteiger partial charge in [0.1, 0.15) is 18.1 Å². The Balaban J connectivity index is 2.28. The summed E-state index contributed by atoms with van der Waals surface area (Å²) in [7, 11) is 1.58. The molecule has 1 atom stereocenters. The molecule has 3 heterocycles. The number of halogens is 3. The summed E-state index contributed by atoms with van der Waals surface area (Å²) in [6, 6.07) is 0.426. The van der Waals surface area contributed by atoms with Crippen LogP contribution in [-0.4, -0.2) is 43.3 Å². The maximum Gasteiger partial charge on any atom is 0.431 e. The highest BCUT2D eigenvalue weighted by atomic mass is 19.4. The van der Waals surface area contributed by atoms with E-state index in [4.69, 9.17) is 4.74 Å². The molecule has 0 saturated carbocycles. The number of carbonyl (C=O) groups excluding carboxylic acids is 1. The van der Waals surface area contributed by atoms with Gasteiger partial charge in [0.15, 0.2) is 0 Å². The number of rotatable bonds is 3. The highest BCUT2D eigenvalue weighted by molar-refractivity contribution is 5.92. The molecule has 0 aromatic carbocycles. The predicted octanol–water partition coefficient (Wildman–Crippen LogP) is 1.71. The van der Waals surface area contributed by atoms with Crippen molar-refractivity contribution in [2.45, 2.75) is 26.1 Å². The zero-order valence-corrected chi connectivity index (χ0v) is 13.6. The van der Waals surface area contributed by atoms with Crippen molar-refractivity contribution in [3.05, 3.63) is 35.1 Å². The molecule has 11 heteroatoms. The fourth-order valence-electron chi connectivity index (χ4n) is 2.77. The number of nitrogens with zero attached hydrogens (tertiary/aromatic N) is 5. The summed E-state index contributed by atoms with van der Waals surface area (Å²) in [6.45, 7) is 3.16. The first-order chi connectivity index (χ1) is 11.7. The van der Waals surface area contributed by atoms with Crippen LogP contribution in [0, 0.1) is 6.92 Å². The van der Waals surface area contributed by atoms with Gasteiger partial charge in [-0.3, -0.25) is 4.68 Å². The Kier molecular flexibility index (Phi) is 4.01. The second-order valence-electron chi connectivity index (χ2n) is 5.40. The summed E-state index contributed by atoms with van der Waals surface area (Å²) in [5, 5.41) is 10.3. The number of aromatic nitrogens is 5. The number of hydrogen-bond donors (Lipinski definition) is 1. The van der Waals surface area contributed by atoms with Crippen LogP contribution in [0.3, 0.4) is 0 Å². The van der Waals surface area contributed by atoms with Crippen molar-refractivity contribution < 1.29 is 22.7 Å². The second-order valence-corrected chi connectivity index (χ2v) is 5.40. The highest BCUT2D eigenvalue weighted by Crippen LogP contribution is 2.41. The molecule has 8 nitrogen and oxygen atoms in total. The Bertz CT molecular complexity index is 851. The van der Waals surface area contributed by atoms with E-state index >= 15 is 0 Å². The van der Waals surface area contributed by atoms with Crippen LogP contribution in [-0.2, 0) is 16.6 Å². The number of esters is 1. The first kappa shape index (κ1) is 17.0. The average Bonchev–Trinajstić information content (AvgIpc) is 3.10. The van der Waals surface area contributed by atoms with E-state index in [2.05, 4.69) is 20.5 Å². The molecular formula is C14H15F3N6O2. The lowest BCUT2D eigenvalue weighted by Crippen LogP contribution is -2.36.